The Labute approximate surface area is 381 Å². The van der Waals surface area contributed by atoms with Gasteiger partial charge in [-0.3, -0.25) is 4.57 Å². The molecule has 0 N–H and O–H groups in total. The highest BCUT2D eigenvalue weighted by Gasteiger charge is 2.25. The molecular formula is C61H39N5. The van der Waals surface area contributed by atoms with Crippen LogP contribution in [0.15, 0.2) is 237 Å². The van der Waals surface area contributed by atoms with Crippen molar-refractivity contribution in [1.29, 1.82) is 0 Å². The van der Waals surface area contributed by atoms with Gasteiger partial charge in [0.15, 0.2) is 11.6 Å². The first kappa shape index (κ1) is 37.6. The van der Waals surface area contributed by atoms with Gasteiger partial charge in [-0.15, -0.1) is 0 Å². The third kappa shape index (κ3) is 6.13. The van der Waals surface area contributed by atoms with E-state index < -0.39 is 0 Å². The second-order valence-electron chi connectivity index (χ2n) is 16.8. The first-order valence-corrected chi connectivity index (χ1v) is 22.4. The quantitative estimate of drug-likeness (QED) is 0.161. The maximum absolute atomic E-state index is 5.39. The Morgan fingerprint density at radius 3 is 1.45 bits per heavy atom. The average Bonchev–Trinajstić information content (AvgIpc) is 3.93. The minimum absolute atomic E-state index is 0.559. The van der Waals surface area contributed by atoms with Gasteiger partial charge >= 0.3 is 0 Å². The Kier molecular flexibility index (Phi) is 8.78. The molecule has 13 aromatic rings. The van der Waals surface area contributed by atoms with E-state index in [4.69, 9.17) is 15.0 Å². The number of para-hydroxylation sites is 2. The summed E-state index contributed by atoms with van der Waals surface area (Å²) in [5.74, 6) is 1.79. The third-order valence-electron chi connectivity index (χ3n) is 13.0. The zero-order chi connectivity index (χ0) is 43.6. The van der Waals surface area contributed by atoms with Crippen LogP contribution in [0.4, 0.5) is 0 Å². The molecule has 3 aromatic heterocycles. The van der Waals surface area contributed by atoms with Crippen molar-refractivity contribution >= 4 is 54.4 Å². The van der Waals surface area contributed by atoms with Crippen LogP contribution in [0.5, 0.6) is 0 Å². The first-order chi connectivity index (χ1) is 32.7. The van der Waals surface area contributed by atoms with Crippen molar-refractivity contribution in [2.75, 3.05) is 0 Å². The molecule has 308 valence electrons. The first-order valence-electron chi connectivity index (χ1n) is 22.4. The normalized spacial score (nSPS) is 11.6. The summed E-state index contributed by atoms with van der Waals surface area (Å²) in [6, 6.07) is 84.1. The molecule has 13 rings (SSSR count). The lowest BCUT2D eigenvalue weighted by atomic mass is 9.96. The maximum Gasteiger partial charge on any atom is 0.238 e. The van der Waals surface area contributed by atoms with Gasteiger partial charge in [0.2, 0.25) is 5.95 Å². The van der Waals surface area contributed by atoms with Crippen molar-refractivity contribution in [3.63, 3.8) is 0 Å². The zero-order valence-electron chi connectivity index (χ0n) is 35.8. The summed E-state index contributed by atoms with van der Waals surface area (Å²) in [6.07, 6.45) is 0. The molecular weight excluding hydrogens is 803 g/mol. The summed E-state index contributed by atoms with van der Waals surface area (Å²) < 4.78 is 4.78. The zero-order valence-corrected chi connectivity index (χ0v) is 35.8. The van der Waals surface area contributed by atoms with Crippen LogP contribution in [0.3, 0.4) is 0 Å². The molecule has 0 aliphatic heterocycles. The van der Waals surface area contributed by atoms with Crippen LogP contribution in [0.2, 0.25) is 0 Å². The van der Waals surface area contributed by atoms with E-state index in [1.54, 1.807) is 0 Å². The summed E-state index contributed by atoms with van der Waals surface area (Å²) in [6.45, 7) is 0. The molecule has 0 aliphatic rings. The van der Waals surface area contributed by atoms with E-state index in [1.807, 2.05) is 36.4 Å². The van der Waals surface area contributed by atoms with Crippen molar-refractivity contribution in [3.8, 4) is 67.8 Å². The highest BCUT2D eigenvalue weighted by atomic mass is 15.2. The summed E-state index contributed by atoms with van der Waals surface area (Å²) in [4.78, 5) is 15.9. The number of nitrogens with zero attached hydrogens (tertiary/aromatic N) is 5. The highest BCUT2D eigenvalue weighted by molar-refractivity contribution is 6.27. The summed E-state index contributed by atoms with van der Waals surface area (Å²) in [5, 5.41) is 6.84. The van der Waals surface area contributed by atoms with E-state index in [9.17, 15) is 0 Å². The number of hydrogen-bond acceptors (Lipinski definition) is 3. The number of aromatic nitrogens is 5. The Morgan fingerprint density at radius 1 is 0.273 bits per heavy atom. The molecule has 0 amide bonds. The van der Waals surface area contributed by atoms with Gasteiger partial charge in [-0.05, 0) is 51.4 Å². The Morgan fingerprint density at radius 2 is 0.758 bits per heavy atom. The van der Waals surface area contributed by atoms with E-state index in [-0.39, 0.29) is 0 Å². The fourth-order valence-corrected chi connectivity index (χ4v) is 9.92. The predicted molar refractivity (Wildman–Crippen MR) is 273 cm³/mol. The van der Waals surface area contributed by atoms with Crippen molar-refractivity contribution < 1.29 is 0 Å². The molecule has 3 heterocycles. The number of benzene rings is 10. The standard InChI is InChI=1S/C61H39N5/c1-4-17-40(18-5-1)46-24-16-25-47(39-46)41-31-33-43(34-32-41)48-26-12-14-29-54(48)65-55-30-15-13-28-50(55)51-37-38-53-52-36-35-42-19-10-11-27-49(42)56(52)66(58(53)57(51)65)61-63-59(44-20-6-2-7-21-44)62-60(64-61)45-22-8-3-9-23-45/h1-39H. The molecule has 0 fully saturated rings. The molecule has 0 saturated carbocycles. The molecule has 0 atom stereocenters. The Balaban J connectivity index is 1.09. The average molecular weight is 842 g/mol. The molecule has 66 heavy (non-hydrogen) atoms. The Bertz CT molecular complexity index is 3910. The number of hydrogen-bond donors (Lipinski definition) is 0. The summed E-state index contributed by atoms with van der Waals surface area (Å²) in [5.41, 5.74) is 14.3. The van der Waals surface area contributed by atoms with E-state index in [1.165, 1.54) is 27.6 Å². The van der Waals surface area contributed by atoms with Crippen molar-refractivity contribution in [3.05, 3.63) is 237 Å². The molecule has 5 nitrogen and oxygen atoms in total. The minimum atomic E-state index is 0.559. The fraction of sp³-hybridized carbons (Fsp3) is 0. The smallest absolute Gasteiger partial charge is 0.238 e. The minimum Gasteiger partial charge on any atom is -0.307 e. The van der Waals surface area contributed by atoms with Gasteiger partial charge in [-0.1, -0.05) is 218 Å². The SMILES string of the molecule is c1ccc(-c2cccc(-c3ccc(-c4ccccc4-n4c5ccccc5c5ccc6c7ccc8ccccc8c7n(-c7nc(-c8ccccc8)nc(-c8ccccc8)n7)c6c54)cc3)c2)cc1. The van der Waals surface area contributed by atoms with Gasteiger partial charge in [0, 0.05) is 43.6 Å². The molecule has 0 unspecified atom stereocenters. The van der Waals surface area contributed by atoms with Crippen LogP contribution >= 0.6 is 0 Å². The topological polar surface area (TPSA) is 48.5 Å². The van der Waals surface area contributed by atoms with Gasteiger partial charge < -0.3 is 4.57 Å². The second kappa shape index (κ2) is 15.4. The van der Waals surface area contributed by atoms with E-state index in [0.717, 1.165) is 76.9 Å². The van der Waals surface area contributed by atoms with E-state index in [0.29, 0.717) is 17.6 Å². The van der Waals surface area contributed by atoms with Gasteiger partial charge in [0.05, 0.1) is 27.8 Å². The van der Waals surface area contributed by atoms with Crippen molar-refractivity contribution in [2.24, 2.45) is 0 Å². The van der Waals surface area contributed by atoms with Crippen LogP contribution in [0.25, 0.3) is 122 Å². The van der Waals surface area contributed by atoms with Crippen LogP contribution < -0.4 is 0 Å². The molecule has 0 aliphatic carbocycles. The van der Waals surface area contributed by atoms with Gasteiger partial charge in [0.25, 0.3) is 0 Å². The van der Waals surface area contributed by atoms with Crippen LogP contribution in [-0.4, -0.2) is 24.1 Å². The van der Waals surface area contributed by atoms with E-state index in [2.05, 4.69) is 209 Å². The van der Waals surface area contributed by atoms with Crippen molar-refractivity contribution in [2.45, 2.75) is 0 Å². The molecule has 0 bridgehead atoms. The van der Waals surface area contributed by atoms with E-state index >= 15 is 0 Å². The van der Waals surface area contributed by atoms with Crippen LogP contribution in [0.1, 0.15) is 0 Å². The Hall–Kier alpha value is -8.93. The predicted octanol–water partition coefficient (Wildman–Crippen LogP) is 15.6. The lowest BCUT2D eigenvalue weighted by Gasteiger charge is -2.16. The van der Waals surface area contributed by atoms with Crippen LogP contribution in [-0.2, 0) is 0 Å². The molecule has 0 spiro atoms. The van der Waals surface area contributed by atoms with Gasteiger partial charge in [-0.2, -0.15) is 9.97 Å². The molecule has 0 saturated heterocycles. The summed E-state index contributed by atoms with van der Waals surface area (Å²) in [7, 11) is 0. The largest absolute Gasteiger partial charge is 0.307 e. The molecule has 5 heteroatoms. The lowest BCUT2D eigenvalue weighted by molar-refractivity contribution is 0.955. The monoisotopic (exact) mass is 841 g/mol. The highest BCUT2D eigenvalue weighted by Crippen LogP contribution is 2.45. The number of rotatable bonds is 7. The van der Waals surface area contributed by atoms with Gasteiger partial charge in [-0.25, -0.2) is 4.98 Å². The lowest BCUT2D eigenvalue weighted by Crippen LogP contribution is -2.07. The maximum atomic E-state index is 5.39. The third-order valence-corrected chi connectivity index (χ3v) is 13.0. The fourth-order valence-electron chi connectivity index (χ4n) is 9.92. The van der Waals surface area contributed by atoms with Gasteiger partial charge in [0.1, 0.15) is 0 Å². The summed E-state index contributed by atoms with van der Waals surface area (Å²) >= 11 is 0. The molecule has 0 radical (unpaired) electrons. The number of fused-ring (bicyclic) bond motifs is 9. The van der Waals surface area contributed by atoms with Crippen LogP contribution in [0, 0.1) is 0 Å². The van der Waals surface area contributed by atoms with Crippen molar-refractivity contribution in [1.82, 2.24) is 24.1 Å². The second-order valence-corrected chi connectivity index (χ2v) is 16.8. The molecule has 10 aromatic carbocycles.